The van der Waals surface area contributed by atoms with Crippen molar-refractivity contribution >= 4 is 11.8 Å². The highest BCUT2D eigenvalue weighted by Gasteiger charge is 2.35. The summed E-state index contributed by atoms with van der Waals surface area (Å²) >= 11 is 1.85. The molecule has 0 unspecified atom stereocenters. The van der Waals surface area contributed by atoms with Gasteiger partial charge in [0.05, 0.1) is 18.7 Å². The zero-order valence-corrected chi connectivity index (χ0v) is 16.1. The van der Waals surface area contributed by atoms with Crippen molar-refractivity contribution in [2.75, 3.05) is 12.9 Å². The number of methoxy groups -OCH3 is 1. The number of unbranched alkanes of at least 4 members (excludes halogenated alkanes) is 1. The highest BCUT2D eigenvalue weighted by atomic mass is 32.2. The Hall–Kier alpha value is -1.44. The number of rotatable bonds is 6. The minimum atomic E-state index is 0.0912. The Labute approximate surface area is 150 Å². The van der Waals surface area contributed by atoms with Gasteiger partial charge in [-0.25, -0.2) is 0 Å². The number of nitrogens with one attached hydrogen (secondary N) is 1. The Balaban J connectivity index is 2.50. The fourth-order valence-corrected chi connectivity index (χ4v) is 4.66. The summed E-state index contributed by atoms with van der Waals surface area (Å²) in [5.74, 6) is 1.65. The van der Waals surface area contributed by atoms with E-state index in [1.54, 1.807) is 7.11 Å². The molecule has 24 heavy (non-hydrogen) atoms. The summed E-state index contributed by atoms with van der Waals surface area (Å²) < 4.78 is 5.43. The SMILES string of the molecule is C=C(C)[C@H]1N[C@](CC)(CCCC)CSc2cc(C#N)c(OC)cc21. The lowest BCUT2D eigenvalue weighted by Crippen LogP contribution is -2.48. The fourth-order valence-electron chi connectivity index (χ4n) is 3.25. The highest BCUT2D eigenvalue weighted by Crippen LogP contribution is 2.42. The van der Waals surface area contributed by atoms with Crippen molar-refractivity contribution in [2.24, 2.45) is 0 Å². The van der Waals surface area contributed by atoms with Gasteiger partial charge in [0.1, 0.15) is 11.8 Å². The van der Waals surface area contributed by atoms with Crippen LogP contribution in [0.3, 0.4) is 0 Å². The lowest BCUT2D eigenvalue weighted by Gasteiger charge is -2.36. The highest BCUT2D eigenvalue weighted by molar-refractivity contribution is 7.99. The number of hydrogen-bond donors (Lipinski definition) is 1. The van der Waals surface area contributed by atoms with E-state index in [1.807, 2.05) is 23.9 Å². The molecule has 2 atom stereocenters. The van der Waals surface area contributed by atoms with Crippen LogP contribution in [0.5, 0.6) is 5.75 Å². The largest absolute Gasteiger partial charge is 0.495 e. The second-order valence-corrected chi connectivity index (χ2v) is 7.67. The van der Waals surface area contributed by atoms with Crippen LogP contribution in [0.25, 0.3) is 0 Å². The number of benzene rings is 1. The van der Waals surface area contributed by atoms with Crippen LogP contribution >= 0.6 is 11.8 Å². The van der Waals surface area contributed by atoms with Crippen LogP contribution in [0.2, 0.25) is 0 Å². The molecular weight excluding hydrogens is 316 g/mol. The summed E-state index contributed by atoms with van der Waals surface area (Å²) in [6, 6.07) is 6.33. The summed E-state index contributed by atoms with van der Waals surface area (Å²) in [5.41, 5.74) is 2.97. The first-order valence-electron chi connectivity index (χ1n) is 8.68. The fraction of sp³-hybridized carbons (Fsp3) is 0.550. The van der Waals surface area contributed by atoms with Crippen molar-refractivity contribution in [3.8, 4) is 11.8 Å². The molecule has 0 bridgehead atoms. The van der Waals surface area contributed by atoms with Gasteiger partial charge in [-0.1, -0.05) is 38.8 Å². The summed E-state index contributed by atoms with van der Waals surface area (Å²) in [4.78, 5) is 1.17. The first kappa shape index (κ1) is 18.9. The number of hydrogen-bond acceptors (Lipinski definition) is 4. The van der Waals surface area contributed by atoms with Gasteiger partial charge >= 0.3 is 0 Å². The van der Waals surface area contributed by atoms with Crippen LogP contribution in [0.4, 0.5) is 0 Å². The predicted octanol–water partition coefficient (Wildman–Crippen LogP) is 5.22. The maximum absolute atomic E-state index is 9.39. The molecule has 0 saturated heterocycles. The van der Waals surface area contributed by atoms with Crippen LogP contribution in [0, 0.1) is 11.3 Å². The monoisotopic (exact) mass is 344 g/mol. The molecule has 1 aromatic rings. The molecule has 4 heteroatoms. The number of thioether (sulfide) groups is 1. The number of ether oxygens (including phenoxy) is 1. The van der Waals surface area contributed by atoms with E-state index in [9.17, 15) is 5.26 Å². The number of fused-ring (bicyclic) bond motifs is 1. The van der Waals surface area contributed by atoms with E-state index < -0.39 is 0 Å². The Morgan fingerprint density at radius 1 is 1.50 bits per heavy atom. The molecule has 0 aromatic heterocycles. The van der Waals surface area contributed by atoms with Crippen LogP contribution in [0.1, 0.15) is 63.6 Å². The third-order valence-corrected chi connectivity index (χ3v) is 6.26. The van der Waals surface area contributed by atoms with E-state index in [-0.39, 0.29) is 11.6 Å². The van der Waals surface area contributed by atoms with Gasteiger partial charge in [-0.2, -0.15) is 5.26 Å². The van der Waals surface area contributed by atoms with E-state index in [1.165, 1.54) is 23.3 Å². The van der Waals surface area contributed by atoms with Crippen molar-refractivity contribution in [1.29, 1.82) is 5.26 Å². The molecule has 2 rings (SSSR count). The molecule has 1 aromatic carbocycles. The summed E-state index contributed by atoms with van der Waals surface area (Å²) in [6.45, 7) is 10.8. The van der Waals surface area contributed by atoms with Gasteiger partial charge in [-0.15, -0.1) is 11.8 Å². The molecule has 3 nitrogen and oxygen atoms in total. The molecule has 1 heterocycles. The molecule has 0 radical (unpaired) electrons. The van der Waals surface area contributed by atoms with Crippen molar-refractivity contribution in [2.45, 2.75) is 62.9 Å². The third-order valence-electron chi connectivity index (χ3n) is 4.90. The second-order valence-electron chi connectivity index (χ2n) is 6.65. The van der Waals surface area contributed by atoms with Gasteiger partial charge in [0.25, 0.3) is 0 Å². The number of nitriles is 1. The maximum Gasteiger partial charge on any atom is 0.137 e. The Bertz CT molecular complexity index is 650. The van der Waals surface area contributed by atoms with Crippen LogP contribution in [0.15, 0.2) is 29.2 Å². The first-order valence-corrected chi connectivity index (χ1v) is 9.66. The molecule has 0 amide bonds. The second kappa shape index (κ2) is 8.09. The Morgan fingerprint density at radius 3 is 2.79 bits per heavy atom. The summed E-state index contributed by atoms with van der Waals surface area (Å²) in [7, 11) is 1.62. The predicted molar refractivity (Wildman–Crippen MR) is 102 cm³/mol. The Morgan fingerprint density at radius 2 is 2.25 bits per heavy atom. The molecule has 1 N–H and O–H groups in total. The van der Waals surface area contributed by atoms with E-state index in [0.717, 1.165) is 24.2 Å². The van der Waals surface area contributed by atoms with Gasteiger partial charge < -0.3 is 10.1 Å². The Kier molecular flexibility index (Phi) is 6.37. The molecular formula is C20H28N2OS. The minimum Gasteiger partial charge on any atom is -0.495 e. The van der Waals surface area contributed by atoms with Crippen molar-refractivity contribution in [3.05, 3.63) is 35.4 Å². The first-order chi connectivity index (χ1) is 11.5. The van der Waals surface area contributed by atoms with Crippen LogP contribution in [-0.2, 0) is 0 Å². The molecule has 1 aliphatic heterocycles. The van der Waals surface area contributed by atoms with Crippen LogP contribution in [-0.4, -0.2) is 18.4 Å². The van der Waals surface area contributed by atoms with Crippen LogP contribution < -0.4 is 10.1 Å². The van der Waals surface area contributed by atoms with Gasteiger partial charge in [-0.05, 0) is 37.5 Å². The molecule has 0 fully saturated rings. The number of nitrogens with zero attached hydrogens (tertiary/aromatic N) is 1. The molecule has 0 saturated carbocycles. The normalized spacial score (nSPS) is 23.0. The van der Waals surface area contributed by atoms with E-state index in [2.05, 4.69) is 38.7 Å². The zero-order chi connectivity index (χ0) is 17.7. The standard InChI is InChI=1S/C20H28N2OS/c1-6-8-9-20(7-2)13-24-18-10-15(12-21)17(23-5)11-16(18)19(22-20)14(3)4/h10-11,19,22H,3,6-9,13H2,1-2,4-5H3/t19-,20-/m1/s1. The van der Waals surface area contributed by atoms with Gasteiger partial charge in [0.2, 0.25) is 0 Å². The zero-order valence-electron chi connectivity index (χ0n) is 15.2. The topological polar surface area (TPSA) is 45.0 Å². The maximum atomic E-state index is 9.39. The van der Waals surface area contributed by atoms with Crippen molar-refractivity contribution in [3.63, 3.8) is 0 Å². The molecule has 130 valence electrons. The summed E-state index contributed by atoms with van der Waals surface area (Å²) in [6.07, 6.45) is 4.66. The smallest absolute Gasteiger partial charge is 0.137 e. The summed E-state index contributed by atoms with van der Waals surface area (Å²) in [5, 5.41) is 13.3. The van der Waals surface area contributed by atoms with Crippen molar-refractivity contribution < 1.29 is 4.74 Å². The molecule has 0 spiro atoms. The van der Waals surface area contributed by atoms with E-state index in [0.29, 0.717) is 11.3 Å². The van der Waals surface area contributed by atoms with E-state index in [4.69, 9.17) is 4.74 Å². The molecule has 0 aliphatic carbocycles. The quantitative estimate of drug-likeness (QED) is 0.719. The van der Waals surface area contributed by atoms with Gasteiger partial charge in [0.15, 0.2) is 0 Å². The minimum absolute atomic E-state index is 0.0912. The average Bonchev–Trinajstić information content (AvgIpc) is 2.76. The van der Waals surface area contributed by atoms with Gasteiger partial charge in [-0.3, -0.25) is 0 Å². The third kappa shape index (κ3) is 3.79. The average molecular weight is 345 g/mol. The van der Waals surface area contributed by atoms with Gasteiger partial charge in [0, 0.05) is 16.2 Å². The lowest BCUT2D eigenvalue weighted by atomic mass is 9.88. The lowest BCUT2D eigenvalue weighted by molar-refractivity contribution is 0.296. The molecule has 1 aliphatic rings. The van der Waals surface area contributed by atoms with Crippen molar-refractivity contribution in [1.82, 2.24) is 5.32 Å². The van der Waals surface area contributed by atoms with E-state index >= 15 is 0 Å².